The Bertz CT molecular complexity index is 913. The van der Waals surface area contributed by atoms with Gasteiger partial charge in [-0.1, -0.05) is 31.2 Å². The smallest absolute Gasteiger partial charge is 0.216 e. The van der Waals surface area contributed by atoms with Crippen LogP contribution in [0.5, 0.6) is 0 Å². The Morgan fingerprint density at radius 3 is 2.53 bits per heavy atom. The van der Waals surface area contributed by atoms with Crippen LogP contribution in [0.1, 0.15) is 37.7 Å². The summed E-state index contributed by atoms with van der Waals surface area (Å²) < 4.78 is 29.2. The van der Waals surface area contributed by atoms with Gasteiger partial charge in [0.2, 0.25) is 10.0 Å². The second-order valence-electron chi connectivity index (χ2n) is 6.95. The number of aliphatic imine (C=N–C) groups is 1. The molecule has 0 fully saturated rings. The van der Waals surface area contributed by atoms with Crippen LogP contribution in [0.4, 0.5) is 0 Å². The number of aryl methyl sites for hydroxylation is 1. The molecule has 11 heteroatoms. The lowest BCUT2D eigenvalue weighted by atomic mass is 10.1. The van der Waals surface area contributed by atoms with Gasteiger partial charge in [0.1, 0.15) is 12.2 Å². The van der Waals surface area contributed by atoms with E-state index in [1.165, 1.54) is 0 Å². The SMILES string of the molecule is CCc1nncn1CCNC(=NC)NCc1ccccc1CS(=O)(=O)NC(C)C.I. The predicted octanol–water partition coefficient (Wildman–Crippen LogP) is 1.65. The number of rotatable bonds is 10. The van der Waals surface area contributed by atoms with Gasteiger partial charge in [0.15, 0.2) is 5.96 Å². The average Bonchev–Trinajstić information content (AvgIpc) is 3.11. The molecule has 2 rings (SSSR count). The van der Waals surface area contributed by atoms with Crippen molar-refractivity contribution in [2.45, 2.75) is 52.1 Å². The molecular weight excluding hydrogens is 517 g/mol. The summed E-state index contributed by atoms with van der Waals surface area (Å²) in [4.78, 5) is 4.23. The molecule has 9 nitrogen and oxygen atoms in total. The number of benzene rings is 1. The maximum Gasteiger partial charge on any atom is 0.216 e. The first-order valence-corrected chi connectivity index (χ1v) is 11.4. The summed E-state index contributed by atoms with van der Waals surface area (Å²) in [5.74, 6) is 1.54. The monoisotopic (exact) mass is 549 g/mol. The van der Waals surface area contributed by atoms with Crippen molar-refractivity contribution in [2.24, 2.45) is 4.99 Å². The van der Waals surface area contributed by atoms with E-state index < -0.39 is 10.0 Å². The Hall–Kier alpha value is -1.73. The summed E-state index contributed by atoms with van der Waals surface area (Å²) in [6, 6.07) is 7.38. The van der Waals surface area contributed by atoms with Gasteiger partial charge in [-0.3, -0.25) is 4.99 Å². The van der Waals surface area contributed by atoms with E-state index in [0.29, 0.717) is 19.0 Å². The Morgan fingerprint density at radius 2 is 1.90 bits per heavy atom. The standard InChI is InChI=1S/C19H31N7O2S.HI/c1-5-18-24-23-14-26(18)11-10-21-19(20-4)22-12-16-8-6-7-9-17(16)13-29(27,28)25-15(2)3;/h6-9,14-15,25H,5,10-13H2,1-4H3,(H2,20,21,22);1H. The van der Waals surface area contributed by atoms with Gasteiger partial charge in [0.25, 0.3) is 0 Å². The average molecular weight is 549 g/mol. The van der Waals surface area contributed by atoms with Crippen molar-refractivity contribution in [1.29, 1.82) is 0 Å². The van der Waals surface area contributed by atoms with Gasteiger partial charge in [-0.2, -0.15) is 0 Å². The second kappa shape index (κ2) is 12.8. The van der Waals surface area contributed by atoms with E-state index in [4.69, 9.17) is 0 Å². The number of halogens is 1. The molecule has 1 aromatic carbocycles. The number of hydrogen-bond donors (Lipinski definition) is 3. The number of guanidine groups is 1. The molecular formula is C19H32IN7O2S. The lowest BCUT2D eigenvalue weighted by Crippen LogP contribution is -2.38. The van der Waals surface area contributed by atoms with E-state index in [1.807, 2.05) is 49.6 Å². The third-order valence-electron chi connectivity index (χ3n) is 4.21. The zero-order chi connectivity index (χ0) is 21.3. The summed E-state index contributed by atoms with van der Waals surface area (Å²) in [6.07, 6.45) is 2.55. The van der Waals surface area contributed by atoms with Crippen molar-refractivity contribution in [2.75, 3.05) is 13.6 Å². The minimum atomic E-state index is -3.38. The van der Waals surface area contributed by atoms with E-state index >= 15 is 0 Å². The van der Waals surface area contributed by atoms with Crippen LogP contribution in [0.15, 0.2) is 35.6 Å². The molecule has 0 radical (unpaired) electrons. The fraction of sp³-hybridized carbons (Fsp3) is 0.526. The molecule has 0 spiro atoms. The molecule has 0 saturated heterocycles. The van der Waals surface area contributed by atoms with Crippen LogP contribution in [-0.2, 0) is 35.3 Å². The van der Waals surface area contributed by atoms with E-state index in [-0.39, 0.29) is 35.8 Å². The number of nitrogens with zero attached hydrogens (tertiary/aromatic N) is 4. The van der Waals surface area contributed by atoms with Crippen LogP contribution in [-0.4, -0.2) is 48.8 Å². The van der Waals surface area contributed by atoms with Crippen molar-refractivity contribution in [3.63, 3.8) is 0 Å². The highest BCUT2D eigenvalue weighted by atomic mass is 127. The highest BCUT2D eigenvalue weighted by molar-refractivity contribution is 14.0. The van der Waals surface area contributed by atoms with Crippen LogP contribution in [0, 0.1) is 0 Å². The number of aromatic nitrogens is 3. The first-order chi connectivity index (χ1) is 13.8. The minimum Gasteiger partial charge on any atom is -0.355 e. The number of hydrogen-bond acceptors (Lipinski definition) is 5. The third-order valence-corrected chi connectivity index (χ3v) is 5.73. The molecule has 0 atom stereocenters. The van der Waals surface area contributed by atoms with Crippen LogP contribution < -0.4 is 15.4 Å². The maximum absolute atomic E-state index is 12.3. The molecule has 2 aromatic rings. The highest BCUT2D eigenvalue weighted by Gasteiger charge is 2.15. The Labute approximate surface area is 196 Å². The van der Waals surface area contributed by atoms with Crippen LogP contribution in [0.3, 0.4) is 0 Å². The molecule has 0 aliphatic rings. The molecule has 0 aliphatic heterocycles. The molecule has 3 N–H and O–H groups in total. The summed E-state index contributed by atoms with van der Waals surface area (Å²) >= 11 is 0. The summed E-state index contributed by atoms with van der Waals surface area (Å²) in [5, 5.41) is 14.5. The normalized spacial score (nSPS) is 12.0. The lowest BCUT2D eigenvalue weighted by Gasteiger charge is -2.15. The minimum absolute atomic E-state index is 0. The zero-order valence-corrected chi connectivity index (χ0v) is 21.1. The van der Waals surface area contributed by atoms with E-state index in [2.05, 4.69) is 30.5 Å². The van der Waals surface area contributed by atoms with Gasteiger partial charge in [0.05, 0.1) is 5.75 Å². The molecule has 1 aromatic heterocycles. The first kappa shape index (κ1) is 26.3. The van der Waals surface area contributed by atoms with E-state index in [0.717, 1.165) is 29.9 Å². The molecule has 0 unspecified atom stereocenters. The number of nitrogens with one attached hydrogen (secondary N) is 3. The topological polar surface area (TPSA) is 113 Å². The predicted molar refractivity (Wildman–Crippen MR) is 130 cm³/mol. The molecule has 30 heavy (non-hydrogen) atoms. The van der Waals surface area contributed by atoms with Gasteiger partial charge in [-0.05, 0) is 25.0 Å². The Morgan fingerprint density at radius 1 is 1.20 bits per heavy atom. The van der Waals surface area contributed by atoms with Crippen LogP contribution in [0.25, 0.3) is 0 Å². The molecule has 0 saturated carbocycles. The largest absolute Gasteiger partial charge is 0.355 e. The first-order valence-electron chi connectivity index (χ1n) is 9.72. The second-order valence-corrected chi connectivity index (χ2v) is 8.70. The summed E-state index contributed by atoms with van der Waals surface area (Å²) in [5.41, 5.74) is 1.68. The van der Waals surface area contributed by atoms with Crippen molar-refractivity contribution in [1.82, 2.24) is 30.1 Å². The summed E-state index contributed by atoms with van der Waals surface area (Å²) in [6.45, 7) is 7.53. The van der Waals surface area contributed by atoms with Crippen LogP contribution >= 0.6 is 24.0 Å². The van der Waals surface area contributed by atoms with Crippen molar-refractivity contribution < 1.29 is 8.42 Å². The molecule has 1 heterocycles. The fourth-order valence-corrected chi connectivity index (χ4v) is 4.40. The molecule has 168 valence electrons. The van der Waals surface area contributed by atoms with Gasteiger partial charge in [-0.15, -0.1) is 34.2 Å². The van der Waals surface area contributed by atoms with Gasteiger partial charge in [0, 0.05) is 39.1 Å². The van der Waals surface area contributed by atoms with E-state index in [9.17, 15) is 8.42 Å². The molecule has 0 bridgehead atoms. The van der Waals surface area contributed by atoms with Crippen LogP contribution in [0.2, 0.25) is 0 Å². The van der Waals surface area contributed by atoms with Crippen molar-refractivity contribution in [3.8, 4) is 0 Å². The maximum atomic E-state index is 12.3. The zero-order valence-electron chi connectivity index (χ0n) is 17.9. The van der Waals surface area contributed by atoms with Gasteiger partial charge in [-0.25, -0.2) is 13.1 Å². The highest BCUT2D eigenvalue weighted by Crippen LogP contribution is 2.12. The number of sulfonamides is 1. The summed E-state index contributed by atoms with van der Waals surface area (Å²) in [7, 11) is -1.68. The molecule has 0 amide bonds. The lowest BCUT2D eigenvalue weighted by molar-refractivity contribution is 0.568. The van der Waals surface area contributed by atoms with Crippen molar-refractivity contribution in [3.05, 3.63) is 47.5 Å². The molecule has 0 aliphatic carbocycles. The van der Waals surface area contributed by atoms with Crippen molar-refractivity contribution >= 4 is 40.0 Å². The fourth-order valence-electron chi connectivity index (χ4n) is 2.91. The van der Waals surface area contributed by atoms with Gasteiger partial charge < -0.3 is 15.2 Å². The third kappa shape index (κ3) is 8.56. The van der Waals surface area contributed by atoms with E-state index in [1.54, 1.807) is 13.4 Å². The Balaban J connectivity index is 0.00000450. The van der Waals surface area contributed by atoms with Gasteiger partial charge >= 0.3 is 0 Å². The quantitative estimate of drug-likeness (QED) is 0.236. The Kier molecular flexibility index (Phi) is 11.3.